The van der Waals surface area contributed by atoms with Gasteiger partial charge in [-0.3, -0.25) is 0 Å². The Morgan fingerprint density at radius 1 is 0.759 bits per heavy atom. The van der Waals surface area contributed by atoms with Crippen LogP contribution in [-0.2, 0) is 19.3 Å². The molecule has 0 bridgehead atoms. The lowest BCUT2D eigenvalue weighted by molar-refractivity contribution is -0.274. The van der Waals surface area contributed by atoms with Crippen molar-refractivity contribution in [2.75, 3.05) is 0 Å². The second-order valence-corrected chi connectivity index (χ2v) is 6.91. The first-order valence-electron chi connectivity index (χ1n) is 9.68. The molecule has 0 atom stereocenters. The van der Waals surface area contributed by atoms with Gasteiger partial charge < -0.3 is 4.74 Å². The number of benzene rings is 2. The molecule has 0 aliphatic carbocycles. The Morgan fingerprint density at radius 3 is 1.83 bits per heavy atom. The van der Waals surface area contributed by atoms with Gasteiger partial charge in [0.2, 0.25) is 0 Å². The Labute approximate surface area is 168 Å². The van der Waals surface area contributed by atoms with Crippen molar-refractivity contribution in [3.8, 4) is 17.1 Å². The highest BCUT2D eigenvalue weighted by atomic mass is 19.4. The lowest BCUT2D eigenvalue weighted by Gasteiger charge is -2.09. The third-order valence-electron chi connectivity index (χ3n) is 4.60. The minimum Gasteiger partial charge on any atom is -0.406 e. The molecule has 3 rings (SSSR count). The number of aromatic nitrogens is 2. The molecule has 0 aliphatic rings. The van der Waals surface area contributed by atoms with Crippen LogP contribution in [-0.4, -0.2) is 16.3 Å². The summed E-state index contributed by atoms with van der Waals surface area (Å²) in [6, 6.07) is 14.1. The maximum atomic E-state index is 12.2. The highest BCUT2D eigenvalue weighted by Gasteiger charge is 2.30. The van der Waals surface area contributed by atoms with Crippen LogP contribution in [0.15, 0.2) is 60.9 Å². The van der Waals surface area contributed by atoms with E-state index >= 15 is 0 Å². The number of unbranched alkanes of at least 4 members (excludes halogenated alkanes) is 1. The topological polar surface area (TPSA) is 35.0 Å². The molecule has 1 heterocycles. The highest BCUT2D eigenvalue weighted by molar-refractivity contribution is 5.55. The summed E-state index contributed by atoms with van der Waals surface area (Å²) >= 11 is 0. The van der Waals surface area contributed by atoms with Gasteiger partial charge in [-0.15, -0.1) is 13.2 Å². The normalized spacial score (nSPS) is 11.4. The minimum absolute atomic E-state index is 0.202. The maximum absolute atomic E-state index is 12.2. The largest absolute Gasteiger partial charge is 0.573 e. The van der Waals surface area contributed by atoms with Crippen LogP contribution in [0.25, 0.3) is 11.4 Å². The molecule has 29 heavy (non-hydrogen) atoms. The minimum atomic E-state index is -4.66. The predicted octanol–water partition coefficient (Wildman–Crippen LogP) is 6.17. The van der Waals surface area contributed by atoms with Gasteiger partial charge in [0.15, 0.2) is 5.82 Å². The Bertz CT molecular complexity index is 889. The summed E-state index contributed by atoms with van der Waals surface area (Å²) in [7, 11) is 0. The summed E-state index contributed by atoms with van der Waals surface area (Å²) in [6.45, 7) is 2.16. The fraction of sp³-hybridized carbons (Fsp3) is 0.304. The molecule has 0 fully saturated rings. The molecule has 3 nitrogen and oxygen atoms in total. The van der Waals surface area contributed by atoms with E-state index < -0.39 is 6.36 Å². The number of rotatable bonds is 8. The van der Waals surface area contributed by atoms with Gasteiger partial charge in [-0.05, 0) is 54.5 Å². The molecular formula is C23H23F3N2O. The van der Waals surface area contributed by atoms with E-state index in [2.05, 4.69) is 21.6 Å². The summed E-state index contributed by atoms with van der Waals surface area (Å²) < 4.78 is 40.5. The average Bonchev–Trinajstić information content (AvgIpc) is 2.71. The first-order valence-corrected chi connectivity index (χ1v) is 9.68. The third kappa shape index (κ3) is 6.59. The molecule has 6 heteroatoms. The molecule has 2 aromatic carbocycles. The van der Waals surface area contributed by atoms with Crippen LogP contribution in [0.5, 0.6) is 5.75 Å². The smallest absolute Gasteiger partial charge is 0.406 e. The van der Waals surface area contributed by atoms with Crippen LogP contribution >= 0.6 is 0 Å². The predicted molar refractivity (Wildman–Crippen MR) is 107 cm³/mol. The molecular weight excluding hydrogens is 377 g/mol. The van der Waals surface area contributed by atoms with Gasteiger partial charge >= 0.3 is 6.36 Å². The van der Waals surface area contributed by atoms with E-state index in [4.69, 9.17) is 0 Å². The number of nitrogens with zero attached hydrogens (tertiary/aromatic N) is 2. The van der Waals surface area contributed by atoms with Crippen LogP contribution in [0.1, 0.15) is 36.5 Å². The summed E-state index contributed by atoms with van der Waals surface area (Å²) in [6.07, 6.45) is 3.91. The molecule has 0 aliphatic heterocycles. The Hall–Kier alpha value is -2.89. The van der Waals surface area contributed by atoms with Gasteiger partial charge in [-0.1, -0.05) is 49.7 Å². The second kappa shape index (κ2) is 9.54. The van der Waals surface area contributed by atoms with Crippen LogP contribution < -0.4 is 4.74 Å². The van der Waals surface area contributed by atoms with E-state index in [9.17, 15) is 13.2 Å². The average molecular weight is 400 g/mol. The van der Waals surface area contributed by atoms with E-state index in [1.54, 1.807) is 12.1 Å². The molecule has 0 unspecified atom stereocenters. The third-order valence-corrected chi connectivity index (χ3v) is 4.60. The molecule has 0 radical (unpaired) electrons. The molecule has 0 N–H and O–H groups in total. The van der Waals surface area contributed by atoms with Gasteiger partial charge in [-0.25, -0.2) is 9.97 Å². The molecule has 0 spiro atoms. The lowest BCUT2D eigenvalue weighted by atomic mass is 10.0. The van der Waals surface area contributed by atoms with E-state index in [1.165, 1.54) is 12.1 Å². The van der Waals surface area contributed by atoms with Crippen LogP contribution in [0, 0.1) is 0 Å². The number of hydrogen-bond donors (Lipinski definition) is 0. The standard InChI is InChI=1S/C23H23F3N2O/c1-2-3-4-19-15-27-22(28-16-19)20-11-7-17(8-12-20)5-6-18-9-13-21(14-10-18)29-23(24,25)26/h7-16H,2-6H2,1H3. The van der Waals surface area contributed by atoms with Crippen molar-refractivity contribution < 1.29 is 17.9 Å². The summed E-state index contributed by atoms with van der Waals surface area (Å²) in [5.41, 5.74) is 4.21. The van der Waals surface area contributed by atoms with E-state index in [1.807, 2.05) is 36.7 Å². The Morgan fingerprint density at radius 2 is 1.31 bits per heavy atom. The second-order valence-electron chi connectivity index (χ2n) is 6.91. The molecule has 152 valence electrons. The maximum Gasteiger partial charge on any atom is 0.573 e. The fourth-order valence-electron chi connectivity index (χ4n) is 2.98. The SMILES string of the molecule is CCCCc1cnc(-c2ccc(CCc3ccc(OC(F)(F)F)cc3)cc2)nc1. The first-order chi connectivity index (χ1) is 13.9. The zero-order chi connectivity index (χ0) is 20.7. The number of halogens is 3. The molecule has 3 aromatic rings. The lowest BCUT2D eigenvalue weighted by Crippen LogP contribution is -2.17. The zero-order valence-electron chi connectivity index (χ0n) is 16.2. The van der Waals surface area contributed by atoms with Crippen molar-refractivity contribution in [3.63, 3.8) is 0 Å². The van der Waals surface area contributed by atoms with Crippen molar-refractivity contribution in [2.45, 2.75) is 45.4 Å². The number of ether oxygens (including phenoxy) is 1. The number of alkyl halides is 3. The summed E-state index contributed by atoms with van der Waals surface area (Å²) in [4.78, 5) is 8.91. The highest BCUT2D eigenvalue weighted by Crippen LogP contribution is 2.23. The van der Waals surface area contributed by atoms with E-state index in [0.717, 1.165) is 54.4 Å². The number of hydrogen-bond acceptors (Lipinski definition) is 3. The quantitative estimate of drug-likeness (QED) is 0.454. The van der Waals surface area contributed by atoms with Crippen LogP contribution in [0.3, 0.4) is 0 Å². The summed E-state index contributed by atoms with van der Waals surface area (Å²) in [5.74, 6) is 0.503. The molecule has 1 aromatic heterocycles. The first kappa shape index (κ1) is 20.8. The monoisotopic (exact) mass is 400 g/mol. The van der Waals surface area contributed by atoms with Gasteiger partial charge in [0.05, 0.1) is 0 Å². The molecule has 0 saturated heterocycles. The van der Waals surface area contributed by atoms with E-state index in [-0.39, 0.29) is 5.75 Å². The zero-order valence-corrected chi connectivity index (χ0v) is 16.2. The van der Waals surface area contributed by atoms with Crippen LogP contribution in [0.2, 0.25) is 0 Å². The van der Waals surface area contributed by atoms with Crippen molar-refractivity contribution in [3.05, 3.63) is 77.6 Å². The van der Waals surface area contributed by atoms with E-state index in [0.29, 0.717) is 5.82 Å². The summed E-state index contributed by atoms with van der Waals surface area (Å²) in [5, 5.41) is 0. The van der Waals surface area contributed by atoms with Gasteiger partial charge in [-0.2, -0.15) is 0 Å². The Kier molecular flexibility index (Phi) is 6.86. The van der Waals surface area contributed by atoms with Crippen molar-refractivity contribution in [1.29, 1.82) is 0 Å². The Balaban J connectivity index is 1.55. The number of aryl methyl sites for hydroxylation is 3. The molecule has 0 saturated carbocycles. The fourth-order valence-corrected chi connectivity index (χ4v) is 2.98. The van der Waals surface area contributed by atoms with Crippen LogP contribution in [0.4, 0.5) is 13.2 Å². The van der Waals surface area contributed by atoms with Crippen molar-refractivity contribution in [1.82, 2.24) is 9.97 Å². The van der Waals surface area contributed by atoms with Crippen molar-refractivity contribution in [2.24, 2.45) is 0 Å². The van der Waals surface area contributed by atoms with Gasteiger partial charge in [0, 0.05) is 18.0 Å². The molecule has 0 amide bonds. The van der Waals surface area contributed by atoms with Gasteiger partial charge in [0.1, 0.15) is 5.75 Å². The van der Waals surface area contributed by atoms with Crippen molar-refractivity contribution >= 4 is 0 Å². The van der Waals surface area contributed by atoms with Gasteiger partial charge in [0.25, 0.3) is 0 Å².